The van der Waals surface area contributed by atoms with Crippen LogP contribution in [0.25, 0.3) is 10.9 Å². The standard InChI is InChI=1S/C20H19FN4O3/c1-4-14(22-5-2)11-25-17(12-28-15-8-6-13(21)7-9-15)19-16(10-18(25)26)23-24(3)20(19)27/h4-10,23H,1-2,11-12H2,3H3. The highest BCUT2D eigenvalue weighted by atomic mass is 19.1. The molecule has 0 amide bonds. The third kappa shape index (κ3) is 3.71. The van der Waals surface area contributed by atoms with Crippen LogP contribution in [0, 0.1) is 5.82 Å². The lowest BCUT2D eigenvalue weighted by molar-refractivity contribution is 0.296. The maximum Gasteiger partial charge on any atom is 0.276 e. The second-order valence-corrected chi connectivity index (χ2v) is 6.03. The predicted molar refractivity (Wildman–Crippen MR) is 106 cm³/mol. The molecule has 2 heterocycles. The Morgan fingerprint density at radius 2 is 2.00 bits per heavy atom. The van der Waals surface area contributed by atoms with E-state index in [1.54, 1.807) is 7.05 Å². The van der Waals surface area contributed by atoms with Gasteiger partial charge < -0.3 is 9.30 Å². The molecule has 8 heteroatoms. The number of benzene rings is 1. The van der Waals surface area contributed by atoms with Crippen molar-refractivity contribution >= 4 is 16.6 Å². The van der Waals surface area contributed by atoms with E-state index in [9.17, 15) is 14.0 Å². The number of hydrogen-bond donors (Lipinski definition) is 1. The normalized spacial score (nSPS) is 11.6. The first-order valence-electron chi connectivity index (χ1n) is 8.44. The molecule has 0 aliphatic carbocycles. The first-order valence-corrected chi connectivity index (χ1v) is 8.44. The van der Waals surface area contributed by atoms with Crippen LogP contribution in [0.15, 0.2) is 70.3 Å². The number of aromatic nitrogens is 3. The van der Waals surface area contributed by atoms with E-state index in [4.69, 9.17) is 4.74 Å². The van der Waals surface area contributed by atoms with Crippen LogP contribution in [-0.4, -0.2) is 20.1 Å². The smallest absolute Gasteiger partial charge is 0.276 e. The van der Waals surface area contributed by atoms with E-state index in [0.717, 1.165) is 0 Å². The summed E-state index contributed by atoms with van der Waals surface area (Å²) in [6.07, 6.45) is 2.86. The first-order chi connectivity index (χ1) is 13.4. The molecule has 0 fully saturated rings. The number of ether oxygens (including phenoxy) is 1. The van der Waals surface area contributed by atoms with Gasteiger partial charge in [-0.25, -0.2) is 4.39 Å². The average molecular weight is 382 g/mol. The van der Waals surface area contributed by atoms with Crippen LogP contribution in [-0.2, 0) is 20.2 Å². The van der Waals surface area contributed by atoms with Gasteiger partial charge in [0, 0.05) is 19.3 Å². The summed E-state index contributed by atoms with van der Waals surface area (Å²) in [4.78, 5) is 29.4. The molecule has 1 N–H and O–H groups in total. The van der Waals surface area contributed by atoms with E-state index >= 15 is 0 Å². The van der Waals surface area contributed by atoms with Crippen molar-refractivity contribution in [2.45, 2.75) is 13.2 Å². The molecule has 0 saturated carbocycles. The molecular weight excluding hydrogens is 363 g/mol. The summed E-state index contributed by atoms with van der Waals surface area (Å²) >= 11 is 0. The number of pyridine rings is 1. The molecule has 3 rings (SSSR count). The Hall–Kier alpha value is -3.68. The Morgan fingerprint density at radius 3 is 2.64 bits per heavy atom. The lowest BCUT2D eigenvalue weighted by Gasteiger charge is -2.14. The van der Waals surface area contributed by atoms with Gasteiger partial charge in [0.15, 0.2) is 0 Å². The molecule has 0 unspecified atom stereocenters. The number of fused-ring (bicyclic) bond motifs is 1. The molecule has 0 aliphatic heterocycles. The maximum absolute atomic E-state index is 13.1. The summed E-state index contributed by atoms with van der Waals surface area (Å²) in [6.45, 7) is 7.27. The van der Waals surface area contributed by atoms with Crippen molar-refractivity contribution in [3.05, 3.63) is 88.0 Å². The minimum atomic E-state index is -0.387. The minimum Gasteiger partial charge on any atom is -0.487 e. The Labute approximate surface area is 159 Å². The van der Waals surface area contributed by atoms with Gasteiger partial charge in [-0.15, -0.1) is 0 Å². The highest BCUT2D eigenvalue weighted by molar-refractivity contribution is 5.95. The number of allylic oxidation sites excluding steroid dienone is 1. The van der Waals surface area contributed by atoms with Crippen LogP contribution < -0.4 is 15.9 Å². The van der Waals surface area contributed by atoms with Gasteiger partial charge in [-0.1, -0.05) is 13.2 Å². The molecule has 0 atom stereocenters. The van der Waals surface area contributed by atoms with Crippen LogP contribution in [0.4, 0.5) is 4.39 Å². The molecule has 0 aliphatic rings. The Morgan fingerprint density at radius 1 is 1.29 bits per heavy atom. The summed E-state index contributed by atoms with van der Waals surface area (Å²) < 4.78 is 21.5. The van der Waals surface area contributed by atoms with Gasteiger partial charge in [0.1, 0.15) is 18.2 Å². The zero-order chi connectivity index (χ0) is 20.3. The summed E-state index contributed by atoms with van der Waals surface area (Å²) in [7, 11) is 1.57. The van der Waals surface area contributed by atoms with Crippen LogP contribution in [0.3, 0.4) is 0 Å². The van der Waals surface area contributed by atoms with E-state index in [2.05, 4.69) is 23.2 Å². The molecule has 0 saturated heterocycles. The first kappa shape index (κ1) is 19.1. The third-order valence-corrected chi connectivity index (χ3v) is 4.23. The topological polar surface area (TPSA) is 81.4 Å². The zero-order valence-corrected chi connectivity index (χ0v) is 15.3. The Balaban J connectivity index is 2.13. The summed E-state index contributed by atoms with van der Waals surface area (Å²) in [5.74, 6) is 0.0237. The van der Waals surface area contributed by atoms with Crippen LogP contribution >= 0.6 is 0 Å². The molecule has 3 aromatic rings. The second kappa shape index (κ2) is 7.91. The summed E-state index contributed by atoms with van der Waals surface area (Å²) in [6, 6.07) is 6.84. The zero-order valence-electron chi connectivity index (χ0n) is 15.3. The van der Waals surface area contributed by atoms with Crippen molar-refractivity contribution in [2.24, 2.45) is 12.0 Å². The molecule has 0 bridgehead atoms. The lowest BCUT2D eigenvalue weighted by Crippen LogP contribution is -2.28. The molecule has 2 aromatic heterocycles. The molecule has 0 radical (unpaired) electrons. The SMILES string of the molecule is C=CN=C(C=C)Cn1c(COc2ccc(F)cc2)c2c(=O)n(C)[nH]c2cc1=O. The number of aliphatic imine (C=N–C) groups is 1. The number of hydrogen-bond acceptors (Lipinski definition) is 4. The number of nitrogens with one attached hydrogen (secondary N) is 1. The molecule has 0 spiro atoms. The number of aromatic amines is 1. The molecular formula is C20H19FN4O3. The fraction of sp³-hybridized carbons (Fsp3) is 0.150. The van der Waals surface area contributed by atoms with E-state index in [1.807, 2.05) is 0 Å². The van der Waals surface area contributed by atoms with Gasteiger partial charge in [0.25, 0.3) is 11.1 Å². The quantitative estimate of drug-likeness (QED) is 0.638. The third-order valence-electron chi connectivity index (χ3n) is 4.23. The van der Waals surface area contributed by atoms with Crippen molar-refractivity contribution in [1.29, 1.82) is 0 Å². The van der Waals surface area contributed by atoms with Gasteiger partial charge in [-0.3, -0.25) is 24.4 Å². The van der Waals surface area contributed by atoms with Gasteiger partial charge in [-0.05, 0) is 30.3 Å². The van der Waals surface area contributed by atoms with Gasteiger partial charge >= 0.3 is 0 Å². The fourth-order valence-corrected chi connectivity index (χ4v) is 2.87. The summed E-state index contributed by atoms with van der Waals surface area (Å²) in [5, 5.41) is 3.19. The minimum absolute atomic E-state index is 0.0657. The van der Waals surface area contributed by atoms with Crippen LogP contribution in [0.2, 0.25) is 0 Å². The number of aryl methyl sites for hydroxylation is 1. The molecule has 1 aromatic carbocycles. The maximum atomic E-state index is 13.1. The van der Waals surface area contributed by atoms with Crippen molar-refractivity contribution < 1.29 is 9.13 Å². The fourth-order valence-electron chi connectivity index (χ4n) is 2.87. The number of nitrogens with zero attached hydrogens (tertiary/aromatic N) is 3. The monoisotopic (exact) mass is 382 g/mol. The molecule has 28 heavy (non-hydrogen) atoms. The van der Waals surface area contributed by atoms with Crippen molar-refractivity contribution in [2.75, 3.05) is 0 Å². The van der Waals surface area contributed by atoms with Gasteiger partial charge in [-0.2, -0.15) is 0 Å². The second-order valence-electron chi connectivity index (χ2n) is 6.03. The number of rotatable bonds is 7. The number of H-pyrrole nitrogens is 1. The van der Waals surface area contributed by atoms with Crippen molar-refractivity contribution in [1.82, 2.24) is 14.3 Å². The predicted octanol–water partition coefficient (Wildman–Crippen LogP) is 2.52. The lowest BCUT2D eigenvalue weighted by atomic mass is 10.2. The van der Waals surface area contributed by atoms with E-state index in [0.29, 0.717) is 28.1 Å². The van der Waals surface area contributed by atoms with Gasteiger partial charge in [0.05, 0.1) is 28.9 Å². The van der Waals surface area contributed by atoms with Gasteiger partial charge in [0.2, 0.25) is 0 Å². The molecule has 144 valence electrons. The van der Waals surface area contributed by atoms with E-state index in [-0.39, 0.29) is 30.1 Å². The Kier molecular flexibility index (Phi) is 5.39. The van der Waals surface area contributed by atoms with Crippen LogP contribution in [0.5, 0.6) is 5.75 Å². The highest BCUT2D eigenvalue weighted by Gasteiger charge is 2.17. The van der Waals surface area contributed by atoms with Crippen molar-refractivity contribution in [3.8, 4) is 5.75 Å². The molecule has 7 nitrogen and oxygen atoms in total. The number of halogens is 1. The van der Waals surface area contributed by atoms with E-state index < -0.39 is 0 Å². The Bertz CT molecular complexity index is 1180. The average Bonchev–Trinajstić information content (AvgIpc) is 2.95. The summed E-state index contributed by atoms with van der Waals surface area (Å²) in [5.41, 5.74) is 0.680. The highest BCUT2D eigenvalue weighted by Crippen LogP contribution is 2.17. The van der Waals surface area contributed by atoms with Crippen molar-refractivity contribution in [3.63, 3.8) is 0 Å². The van der Waals surface area contributed by atoms with E-state index in [1.165, 1.54) is 51.9 Å². The van der Waals surface area contributed by atoms with Crippen LogP contribution in [0.1, 0.15) is 5.69 Å². The largest absolute Gasteiger partial charge is 0.487 e.